The quantitative estimate of drug-likeness (QED) is 0.934. The fraction of sp³-hybridized carbons (Fsp3) is 0.375. The van der Waals surface area contributed by atoms with Crippen LogP contribution in [-0.4, -0.2) is 27.2 Å². The number of aliphatic imine (C=N–C) groups is 1. The minimum atomic E-state index is -4.51. The van der Waals surface area contributed by atoms with Gasteiger partial charge in [0.2, 0.25) is 0 Å². The van der Waals surface area contributed by atoms with Crippen LogP contribution in [-0.2, 0) is 12.7 Å². The van der Waals surface area contributed by atoms with Gasteiger partial charge in [0, 0.05) is 18.3 Å². The van der Waals surface area contributed by atoms with Crippen LogP contribution in [0.4, 0.5) is 19.0 Å². The molecule has 0 aromatic carbocycles. The van der Waals surface area contributed by atoms with Gasteiger partial charge < -0.3 is 5.32 Å². The van der Waals surface area contributed by atoms with Crippen molar-refractivity contribution in [2.75, 3.05) is 11.9 Å². The third-order valence-electron chi connectivity index (χ3n) is 4.14. The van der Waals surface area contributed by atoms with Crippen molar-refractivity contribution in [3.05, 3.63) is 47.2 Å². The summed E-state index contributed by atoms with van der Waals surface area (Å²) in [7, 11) is 0. The number of fused-ring (bicyclic) bond motifs is 1. The number of anilines is 1. The lowest BCUT2D eigenvalue weighted by atomic mass is 10.0. The van der Waals surface area contributed by atoms with Crippen LogP contribution in [0.2, 0.25) is 0 Å². The summed E-state index contributed by atoms with van der Waals surface area (Å²) in [6.45, 7) is 1.23. The molecule has 3 heterocycles. The summed E-state index contributed by atoms with van der Waals surface area (Å²) >= 11 is 0. The highest BCUT2D eigenvalue weighted by Gasteiger charge is 2.34. The molecule has 0 bridgehead atoms. The average Bonchev–Trinajstić information content (AvgIpc) is 3.29. The van der Waals surface area contributed by atoms with Crippen molar-refractivity contribution in [2.24, 2.45) is 10.9 Å². The highest BCUT2D eigenvalue weighted by Crippen LogP contribution is 2.32. The van der Waals surface area contributed by atoms with Crippen LogP contribution in [0.5, 0.6) is 0 Å². The maximum absolute atomic E-state index is 12.9. The first-order valence-corrected chi connectivity index (χ1v) is 7.68. The number of aromatic nitrogens is 3. The Hall–Kier alpha value is -2.51. The van der Waals surface area contributed by atoms with E-state index in [9.17, 15) is 13.2 Å². The molecule has 0 radical (unpaired) electrons. The molecule has 0 amide bonds. The second-order valence-corrected chi connectivity index (χ2v) is 5.97. The van der Waals surface area contributed by atoms with E-state index in [1.54, 1.807) is 6.20 Å². The van der Waals surface area contributed by atoms with E-state index in [4.69, 9.17) is 0 Å². The van der Waals surface area contributed by atoms with Gasteiger partial charge in [-0.1, -0.05) is 0 Å². The minimum Gasteiger partial charge on any atom is -0.369 e. The average molecular weight is 333 g/mol. The first-order chi connectivity index (χ1) is 11.5. The van der Waals surface area contributed by atoms with Gasteiger partial charge in [-0.15, -0.1) is 0 Å². The zero-order valence-electron chi connectivity index (χ0n) is 12.6. The Balaban J connectivity index is 1.70. The Labute approximate surface area is 136 Å². The molecule has 0 atom stereocenters. The van der Waals surface area contributed by atoms with Crippen LogP contribution in [0.1, 0.15) is 35.4 Å². The molecule has 2 aromatic rings. The normalized spacial score (nSPS) is 16.7. The standard InChI is InChI=1S/C16H14F3N5/c17-16(18,19)12-5-11(23-8-24-12)14-13-10(7-21-14)3-4-20-15(13)22-6-9-1-2-9/h3-5,8-9H,1-2,6-7H2,(H,20,22). The van der Waals surface area contributed by atoms with E-state index < -0.39 is 11.9 Å². The summed E-state index contributed by atoms with van der Waals surface area (Å²) in [5.41, 5.74) is 1.30. The largest absolute Gasteiger partial charge is 0.433 e. The summed E-state index contributed by atoms with van der Waals surface area (Å²) < 4.78 is 38.7. The first-order valence-electron chi connectivity index (χ1n) is 7.68. The number of halogens is 3. The van der Waals surface area contributed by atoms with E-state index in [-0.39, 0.29) is 5.69 Å². The van der Waals surface area contributed by atoms with E-state index in [1.165, 1.54) is 12.8 Å². The minimum absolute atomic E-state index is 0.165. The Morgan fingerprint density at radius 3 is 2.75 bits per heavy atom. The third kappa shape index (κ3) is 2.83. The molecule has 1 N–H and O–H groups in total. The molecule has 1 aliphatic carbocycles. The number of nitrogens with one attached hydrogen (secondary N) is 1. The molecule has 4 rings (SSSR count). The van der Waals surface area contributed by atoms with Gasteiger partial charge in [0.05, 0.1) is 18.0 Å². The molecule has 1 fully saturated rings. The van der Waals surface area contributed by atoms with E-state index in [1.807, 2.05) is 6.07 Å². The highest BCUT2D eigenvalue weighted by molar-refractivity contribution is 6.16. The van der Waals surface area contributed by atoms with Crippen molar-refractivity contribution in [3.8, 4) is 0 Å². The van der Waals surface area contributed by atoms with Gasteiger partial charge in [-0.2, -0.15) is 13.2 Å². The van der Waals surface area contributed by atoms with Gasteiger partial charge in [-0.05, 0) is 36.5 Å². The van der Waals surface area contributed by atoms with Gasteiger partial charge in [0.15, 0.2) is 0 Å². The Morgan fingerprint density at radius 2 is 2.00 bits per heavy atom. The molecule has 0 saturated heterocycles. The van der Waals surface area contributed by atoms with Crippen molar-refractivity contribution in [1.82, 2.24) is 15.0 Å². The van der Waals surface area contributed by atoms with Gasteiger partial charge in [0.1, 0.15) is 17.8 Å². The molecule has 24 heavy (non-hydrogen) atoms. The van der Waals surface area contributed by atoms with Crippen LogP contribution in [0.25, 0.3) is 0 Å². The molecule has 8 heteroatoms. The first kappa shape index (κ1) is 15.0. The smallest absolute Gasteiger partial charge is 0.369 e. The number of pyridine rings is 1. The maximum Gasteiger partial charge on any atom is 0.433 e. The van der Waals surface area contributed by atoms with Gasteiger partial charge in [0.25, 0.3) is 0 Å². The molecule has 2 aromatic heterocycles. The molecule has 1 saturated carbocycles. The van der Waals surface area contributed by atoms with E-state index in [2.05, 4.69) is 25.3 Å². The fourth-order valence-corrected chi connectivity index (χ4v) is 2.69. The van der Waals surface area contributed by atoms with Crippen molar-refractivity contribution < 1.29 is 13.2 Å². The topological polar surface area (TPSA) is 63.1 Å². The van der Waals surface area contributed by atoms with Gasteiger partial charge >= 0.3 is 6.18 Å². The predicted octanol–water partition coefficient (Wildman–Crippen LogP) is 3.06. The Kier molecular flexibility index (Phi) is 3.47. The molecule has 0 unspecified atom stereocenters. The zero-order chi connectivity index (χ0) is 16.7. The second kappa shape index (κ2) is 5.54. The van der Waals surface area contributed by atoms with E-state index >= 15 is 0 Å². The van der Waals surface area contributed by atoms with Crippen LogP contribution in [0, 0.1) is 5.92 Å². The van der Waals surface area contributed by atoms with Crippen molar-refractivity contribution in [2.45, 2.75) is 25.6 Å². The number of hydrogen-bond donors (Lipinski definition) is 1. The van der Waals surface area contributed by atoms with Crippen molar-refractivity contribution in [1.29, 1.82) is 0 Å². The maximum atomic E-state index is 12.9. The van der Waals surface area contributed by atoms with E-state index in [0.29, 0.717) is 24.0 Å². The summed E-state index contributed by atoms with van der Waals surface area (Å²) in [5, 5.41) is 3.29. The number of nitrogens with zero attached hydrogens (tertiary/aromatic N) is 4. The van der Waals surface area contributed by atoms with Crippen molar-refractivity contribution in [3.63, 3.8) is 0 Å². The Morgan fingerprint density at radius 1 is 1.17 bits per heavy atom. The van der Waals surface area contributed by atoms with Crippen molar-refractivity contribution >= 4 is 11.5 Å². The summed E-state index contributed by atoms with van der Waals surface area (Å²) in [6, 6.07) is 2.77. The highest BCUT2D eigenvalue weighted by atomic mass is 19.4. The lowest BCUT2D eigenvalue weighted by Gasteiger charge is -2.12. The lowest BCUT2D eigenvalue weighted by Crippen LogP contribution is -2.15. The Bertz CT molecular complexity index is 812. The third-order valence-corrected chi connectivity index (χ3v) is 4.14. The number of hydrogen-bond acceptors (Lipinski definition) is 5. The summed E-state index contributed by atoms with van der Waals surface area (Å²) in [5.74, 6) is 1.31. The van der Waals surface area contributed by atoms with Crippen LogP contribution >= 0.6 is 0 Å². The van der Waals surface area contributed by atoms with E-state index in [0.717, 1.165) is 30.1 Å². The van der Waals surface area contributed by atoms with Crippen LogP contribution < -0.4 is 5.32 Å². The fourth-order valence-electron chi connectivity index (χ4n) is 2.69. The SMILES string of the molecule is FC(F)(F)c1cc(C2=NCc3ccnc(NCC4CC4)c32)ncn1. The summed E-state index contributed by atoms with van der Waals surface area (Å²) in [6.07, 6.45) is 0.495. The monoisotopic (exact) mass is 333 g/mol. The predicted molar refractivity (Wildman–Crippen MR) is 81.8 cm³/mol. The summed E-state index contributed by atoms with van der Waals surface area (Å²) in [4.78, 5) is 16.0. The molecule has 1 aliphatic heterocycles. The molecular weight excluding hydrogens is 319 g/mol. The van der Waals surface area contributed by atoms with Gasteiger partial charge in [-0.3, -0.25) is 4.99 Å². The second-order valence-electron chi connectivity index (χ2n) is 5.97. The van der Waals surface area contributed by atoms with Crippen LogP contribution in [0.15, 0.2) is 29.6 Å². The molecule has 124 valence electrons. The molecule has 0 spiro atoms. The van der Waals surface area contributed by atoms with Gasteiger partial charge in [-0.25, -0.2) is 15.0 Å². The molecule has 5 nitrogen and oxygen atoms in total. The molecular formula is C16H14F3N5. The molecule has 2 aliphatic rings. The number of rotatable bonds is 4. The zero-order valence-corrected chi connectivity index (χ0v) is 12.6. The lowest BCUT2D eigenvalue weighted by molar-refractivity contribution is -0.141. The van der Waals surface area contributed by atoms with Crippen LogP contribution in [0.3, 0.4) is 0 Å². The number of alkyl halides is 3.